The second-order valence-electron chi connectivity index (χ2n) is 4.01. The van der Waals surface area contributed by atoms with E-state index in [1.165, 1.54) is 0 Å². The van der Waals surface area contributed by atoms with Crippen molar-refractivity contribution in [1.29, 1.82) is 0 Å². The van der Waals surface area contributed by atoms with E-state index in [0.29, 0.717) is 0 Å². The van der Waals surface area contributed by atoms with E-state index in [4.69, 9.17) is 4.74 Å². The van der Waals surface area contributed by atoms with E-state index in [1.807, 2.05) is 6.08 Å². The summed E-state index contributed by atoms with van der Waals surface area (Å²) in [6.07, 6.45) is 2.80. The maximum atomic E-state index is 6.14. The zero-order valence-corrected chi connectivity index (χ0v) is 12.3. The summed E-state index contributed by atoms with van der Waals surface area (Å²) in [5.41, 5.74) is 0. The molecule has 0 N–H and O–H groups in total. The molecule has 17 heavy (non-hydrogen) atoms. The quantitative estimate of drug-likeness (QED) is 0.433. The minimum atomic E-state index is -0.316. The van der Waals surface area contributed by atoms with Gasteiger partial charge in [0.25, 0.3) is 0 Å². The van der Waals surface area contributed by atoms with Crippen molar-refractivity contribution >= 4 is 0 Å². The average molecular weight is 242 g/mol. The van der Waals surface area contributed by atoms with Crippen LogP contribution in [0.3, 0.4) is 0 Å². The Morgan fingerprint density at radius 3 is 1.59 bits per heavy atom. The summed E-state index contributed by atoms with van der Waals surface area (Å²) >= 11 is 0. The van der Waals surface area contributed by atoms with Crippen LogP contribution in [0.15, 0.2) is 12.7 Å². The van der Waals surface area contributed by atoms with Crippen molar-refractivity contribution in [2.45, 2.75) is 46.9 Å². The lowest BCUT2D eigenvalue weighted by Gasteiger charge is -2.49. The fourth-order valence-electron chi connectivity index (χ4n) is 2.55. The van der Waals surface area contributed by atoms with E-state index < -0.39 is 0 Å². The Bertz CT molecular complexity index is 186. The molecule has 0 aliphatic heterocycles. The summed E-state index contributed by atoms with van der Waals surface area (Å²) in [5, 5.41) is 0. The molecule has 0 unspecified atom stereocenters. The van der Waals surface area contributed by atoms with Crippen molar-refractivity contribution in [3.05, 3.63) is 12.7 Å². The zero-order chi connectivity index (χ0) is 13.3. The van der Waals surface area contributed by atoms with Gasteiger partial charge in [0.05, 0.1) is 0 Å². The first kappa shape index (κ1) is 16.6. The van der Waals surface area contributed by atoms with Crippen molar-refractivity contribution in [3.8, 4) is 0 Å². The molecule has 0 heterocycles. The Morgan fingerprint density at radius 2 is 1.35 bits per heavy atom. The van der Waals surface area contributed by atoms with Crippen molar-refractivity contribution in [1.82, 2.24) is 9.80 Å². The number of hydrogen-bond acceptors (Lipinski definition) is 3. The fourth-order valence-corrected chi connectivity index (χ4v) is 2.55. The second kappa shape index (κ2) is 8.67. The van der Waals surface area contributed by atoms with Gasteiger partial charge in [0.2, 0.25) is 0 Å². The minimum absolute atomic E-state index is 0.316. The van der Waals surface area contributed by atoms with E-state index in [-0.39, 0.29) is 5.85 Å². The summed E-state index contributed by atoms with van der Waals surface area (Å²) in [5.74, 6) is -0.316. The molecule has 0 bridgehead atoms. The standard InChI is InChI=1S/C14H30N2O/c1-7-13-14(17-12-6,15(8-2)9-3)16(10-4)11-5/h7H,1,8-13H2,2-6H3. The Hall–Kier alpha value is -0.380. The van der Waals surface area contributed by atoms with Crippen LogP contribution < -0.4 is 0 Å². The van der Waals surface area contributed by atoms with Gasteiger partial charge < -0.3 is 4.74 Å². The predicted octanol–water partition coefficient (Wildman–Crippen LogP) is 2.94. The van der Waals surface area contributed by atoms with Crippen molar-refractivity contribution in [3.63, 3.8) is 0 Å². The highest BCUT2D eigenvalue weighted by molar-refractivity contribution is 4.88. The molecule has 102 valence electrons. The van der Waals surface area contributed by atoms with Crippen LogP contribution in [0.2, 0.25) is 0 Å². The Kier molecular flexibility index (Phi) is 8.48. The number of nitrogens with zero attached hydrogens (tertiary/aromatic N) is 2. The van der Waals surface area contributed by atoms with Gasteiger partial charge in [-0.2, -0.15) is 0 Å². The average Bonchev–Trinajstić information content (AvgIpc) is 2.32. The third kappa shape index (κ3) is 3.80. The molecule has 0 aromatic rings. The first-order chi connectivity index (χ1) is 8.16. The van der Waals surface area contributed by atoms with Gasteiger partial charge in [-0.15, -0.1) is 6.58 Å². The molecule has 0 amide bonds. The van der Waals surface area contributed by atoms with Crippen LogP contribution in [0.5, 0.6) is 0 Å². The topological polar surface area (TPSA) is 15.7 Å². The van der Waals surface area contributed by atoms with Crippen molar-refractivity contribution < 1.29 is 4.74 Å². The molecule has 0 aliphatic rings. The summed E-state index contributed by atoms with van der Waals surface area (Å²) in [7, 11) is 0. The molecule has 0 atom stereocenters. The van der Waals surface area contributed by atoms with Crippen LogP contribution in [0, 0.1) is 0 Å². The highest BCUT2D eigenvalue weighted by Gasteiger charge is 2.39. The molecule has 3 nitrogen and oxygen atoms in total. The Morgan fingerprint density at radius 1 is 0.941 bits per heavy atom. The lowest BCUT2D eigenvalue weighted by Crippen LogP contribution is -2.62. The molecule has 3 heteroatoms. The SMILES string of the molecule is C=CCC(OCC)(N(CC)CC)N(CC)CC. The van der Waals surface area contributed by atoms with E-state index >= 15 is 0 Å². The highest BCUT2D eigenvalue weighted by atomic mass is 16.5. The zero-order valence-electron chi connectivity index (χ0n) is 12.3. The molecule has 0 spiro atoms. The van der Waals surface area contributed by atoms with E-state index in [2.05, 4.69) is 51.0 Å². The van der Waals surface area contributed by atoms with Crippen LogP contribution in [0.25, 0.3) is 0 Å². The molecule has 0 radical (unpaired) electrons. The smallest absolute Gasteiger partial charge is 0.183 e. The lowest BCUT2D eigenvalue weighted by molar-refractivity contribution is -0.241. The van der Waals surface area contributed by atoms with Crippen LogP contribution in [0.1, 0.15) is 41.0 Å². The van der Waals surface area contributed by atoms with E-state index in [0.717, 1.165) is 39.2 Å². The molecule has 0 saturated carbocycles. The van der Waals surface area contributed by atoms with Gasteiger partial charge in [0, 0.05) is 13.0 Å². The van der Waals surface area contributed by atoms with Gasteiger partial charge in [-0.1, -0.05) is 33.8 Å². The first-order valence-corrected chi connectivity index (χ1v) is 6.91. The van der Waals surface area contributed by atoms with E-state index in [9.17, 15) is 0 Å². The molecule has 0 aliphatic carbocycles. The summed E-state index contributed by atoms with van der Waals surface area (Å²) in [4.78, 5) is 4.76. The summed E-state index contributed by atoms with van der Waals surface area (Å²) in [6.45, 7) is 19.4. The molecule has 0 aromatic heterocycles. The summed E-state index contributed by atoms with van der Waals surface area (Å²) in [6, 6.07) is 0. The molecule has 0 rings (SSSR count). The van der Waals surface area contributed by atoms with Crippen LogP contribution in [-0.2, 0) is 4.74 Å². The molecule has 0 aromatic carbocycles. The van der Waals surface area contributed by atoms with Crippen molar-refractivity contribution in [2.75, 3.05) is 32.8 Å². The predicted molar refractivity (Wildman–Crippen MR) is 75.0 cm³/mol. The maximum absolute atomic E-state index is 6.14. The third-order valence-electron chi connectivity index (χ3n) is 3.30. The number of hydrogen-bond donors (Lipinski definition) is 0. The third-order valence-corrected chi connectivity index (χ3v) is 3.30. The lowest BCUT2D eigenvalue weighted by atomic mass is 10.2. The maximum Gasteiger partial charge on any atom is 0.183 e. The second-order valence-corrected chi connectivity index (χ2v) is 4.01. The van der Waals surface area contributed by atoms with Crippen LogP contribution in [-0.4, -0.2) is 48.4 Å². The Balaban J connectivity index is 5.27. The normalized spacial score (nSPS) is 12.4. The summed E-state index contributed by atoms with van der Waals surface area (Å²) < 4.78 is 6.14. The van der Waals surface area contributed by atoms with Gasteiger partial charge in [-0.05, 0) is 33.1 Å². The van der Waals surface area contributed by atoms with E-state index in [1.54, 1.807) is 0 Å². The molecule has 0 fully saturated rings. The van der Waals surface area contributed by atoms with Gasteiger partial charge in [-0.3, -0.25) is 9.80 Å². The fraction of sp³-hybridized carbons (Fsp3) is 0.857. The molecule has 0 saturated heterocycles. The first-order valence-electron chi connectivity index (χ1n) is 6.91. The Labute approximate surface area is 107 Å². The largest absolute Gasteiger partial charge is 0.347 e. The highest BCUT2D eigenvalue weighted by Crippen LogP contribution is 2.26. The monoisotopic (exact) mass is 242 g/mol. The minimum Gasteiger partial charge on any atom is -0.347 e. The van der Waals surface area contributed by atoms with Crippen LogP contribution in [0.4, 0.5) is 0 Å². The molecular weight excluding hydrogens is 212 g/mol. The van der Waals surface area contributed by atoms with Gasteiger partial charge in [0.15, 0.2) is 5.85 Å². The number of rotatable bonds is 10. The van der Waals surface area contributed by atoms with Crippen LogP contribution >= 0.6 is 0 Å². The van der Waals surface area contributed by atoms with Gasteiger partial charge in [0.1, 0.15) is 0 Å². The van der Waals surface area contributed by atoms with Crippen molar-refractivity contribution in [2.24, 2.45) is 0 Å². The number of ether oxygens (including phenoxy) is 1. The molecular formula is C14H30N2O. The van der Waals surface area contributed by atoms with Gasteiger partial charge >= 0.3 is 0 Å². The van der Waals surface area contributed by atoms with Gasteiger partial charge in [-0.25, -0.2) is 0 Å².